The van der Waals surface area contributed by atoms with Gasteiger partial charge in [-0.2, -0.15) is 0 Å². The summed E-state index contributed by atoms with van der Waals surface area (Å²) in [6.45, 7) is 4.12. The summed E-state index contributed by atoms with van der Waals surface area (Å²) in [5.74, 6) is 0. The molecule has 2 N–H and O–H groups in total. The Labute approximate surface area is 84.5 Å². The van der Waals surface area contributed by atoms with E-state index in [4.69, 9.17) is 5.73 Å². The molecule has 72 valence electrons. The van der Waals surface area contributed by atoms with Gasteiger partial charge in [-0.05, 0) is 36.2 Å². The normalized spacial score (nSPS) is 13.1. The largest absolute Gasteiger partial charge is 0.324 e. The van der Waals surface area contributed by atoms with E-state index in [0.29, 0.717) is 0 Å². The standard InChI is InChI=1S/C13H15N/c1-9-3-4-11-5-6-12(10(2)14)8-13(11)7-9/h3-8,10H,14H2,1-2H3/t10-/m1/s1. The van der Waals surface area contributed by atoms with Crippen molar-refractivity contribution in [2.75, 3.05) is 0 Å². The molecule has 2 rings (SSSR count). The molecule has 1 atom stereocenters. The predicted molar refractivity (Wildman–Crippen MR) is 61.3 cm³/mol. The van der Waals surface area contributed by atoms with Crippen molar-refractivity contribution in [1.82, 2.24) is 0 Å². The van der Waals surface area contributed by atoms with E-state index in [1.54, 1.807) is 0 Å². The minimum Gasteiger partial charge on any atom is -0.324 e. The third-order valence-electron chi connectivity index (χ3n) is 2.55. The van der Waals surface area contributed by atoms with Gasteiger partial charge in [0, 0.05) is 6.04 Å². The maximum absolute atomic E-state index is 5.84. The molecule has 0 aliphatic carbocycles. The van der Waals surface area contributed by atoms with Crippen molar-refractivity contribution >= 4 is 10.8 Å². The summed E-state index contributed by atoms with van der Waals surface area (Å²) in [6, 6.07) is 13.0. The van der Waals surface area contributed by atoms with Crippen LogP contribution >= 0.6 is 0 Å². The quantitative estimate of drug-likeness (QED) is 0.725. The van der Waals surface area contributed by atoms with E-state index in [1.165, 1.54) is 21.9 Å². The lowest BCUT2D eigenvalue weighted by Gasteiger charge is -2.07. The van der Waals surface area contributed by atoms with Crippen molar-refractivity contribution in [3.63, 3.8) is 0 Å². The number of hydrogen-bond donors (Lipinski definition) is 1. The molecule has 0 bridgehead atoms. The molecule has 0 saturated carbocycles. The molecule has 14 heavy (non-hydrogen) atoms. The lowest BCUT2D eigenvalue weighted by Crippen LogP contribution is -2.04. The van der Waals surface area contributed by atoms with Gasteiger partial charge < -0.3 is 5.73 Å². The molecule has 0 fully saturated rings. The van der Waals surface area contributed by atoms with E-state index in [-0.39, 0.29) is 6.04 Å². The van der Waals surface area contributed by atoms with E-state index in [9.17, 15) is 0 Å². The van der Waals surface area contributed by atoms with Crippen LogP contribution in [-0.4, -0.2) is 0 Å². The Bertz CT molecular complexity index is 458. The van der Waals surface area contributed by atoms with Crippen molar-refractivity contribution in [1.29, 1.82) is 0 Å². The zero-order valence-electron chi connectivity index (χ0n) is 8.62. The molecular formula is C13H15N. The predicted octanol–water partition coefficient (Wildman–Crippen LogP) is 3.17. The summed E-state index contributed by atoms with van der Waals surface area (Å²) in [7, 11) is 0. The molecular weight excluding hydrogens is 170 g/mol. The molecule has 1 nitrogen and oxygen atoms in total. The minimum atomic E-state index is 0.111. The SMILES string of the molecule is Cc1ccc2ccc([C@@H](C)N)cc2c1. The van der Waals surface area contributed by atoms with Gasteiger partial charge in [0.1, 0.15) is 0 Å². The third kappa shape index (κ3) is 1.64. The van der Waals surface area contributed by atoms with Crippen LogP contribution in [0, 0.1) is 6.92 Å². The highest BCUT2D eigenvalue weighted by atomic mass is 14.6. The minimum absolute atomic E-state index is 0.111. The zero-order valence-corrected chi connectivity index (χ0v) is 8.62. The van der Waals surface area contributed by atoms with Crippen LogP contribution in [0.4, 0.5) is 0 Å². The highest BCUT2D eigenvalue weighted by Crippen LogP contribution is 2.20. The van der Waals surface area contributed by atoms with E-state index in [2.05, 4.69) is 43.3 Å². The second-order valence-electron chi connectivity index (χ2n) is 3.90. The molecule has 0 radical (unpaired) electrons. The maximum atomic E-state index is 5.84. The first-order valence-electron chi connectivity index (χ1n) is 4.93. The molecule has 2 aromatic carbocycles. The summed E-state index contributed by atoms with van der Waals surface area (Å²) < 4.78 is 0. The molecule has 2 aromatic rings. The summed E-state index contributed by atoms with van der Waals surface area (Å²) in [5, 5.41) is 2.56. The van der Waals surface area contributed by atoms with Crippen LogP contribution in [0.3, 0.4) is 0 Å². The van der Waals surface area contributed by atoms with Crippen LogP contribution in [0.15, 0.2) is 36.4 Å². The molecule has 0 amide bonds. The van der Waals surface area contributed by atoms with Crippen molar-refractivity contribution in [3.05, 3.63) is 47.5 Å². The van der Waals surface area contributed by atoms with Crippen LogP contribution in [-0.2, 0) is 0 Å². The van der Waals surface area contributed by atoms with Crippen molar-refractivity contribution in [3.8, 4) is 0 Å². The number of aryl methyl sites for hydroxylation is 1. The number of rotatable bonds is 1. The Balaban J connectivity index is 2.63. The first-order chi connectivity index (χ1) is 6.66. The first kappa shape index (κ1) is 9.22. The van der Waals surface area contributed by atoms with Gasteiger partial charge in [0.2, 0.25) is 0 Å². The Kier molecular flexibility index (Phi) is 2.26. The van der Waals surface area contributed by atoms with Gasteiger partial charge >= 0.3 is 0 Å². The fraction of sp³-hybridized carbons (Fsp3) is 0.231. The van der Waals surface area contributed by atoms with Crippen LogP contribution in [0.5, 0.6) is 0 Å². The lowest BCUT2D eigenvalue weighted by molar-refractivity contribution is 0.820. The van der Waals surface area contributed by atoms with Crippen LogP contribution in [0.1, 0.15) is 24.1 Å². The average molecular weight is 185 g/mol. The number of fused-ring (bicyclic) bond motifs is 1. The van der Waals surface area contributed by atoms with E-state index in [0.717, 1.165) is 0 Å². The van der Waals surface area contributed by atoms with Crippen LogP contribution in [0.25, 0.3) is 10.8 Å². The molecule has 0 saturated heterocycles. The second kappa shape index (κ2) is 3.43. The maximum Gasteiger partial charge on any atom is 0.0266 e. The smallest absolute Gasteiger partial charge is 0.0266 e. The highest BCUT2D eigenvalue weighted by Gasteiger charge is 2.00. The average Bonchev–Trinajstić information content (AvgIpc) is 2.16. The monoisotopic (exact) mass is 185 g/mol. The van der Waals surface area contributed by atoms with Gasteiger partial charge in [0.05, 0.1) is 0 Å². The van der Waals surface area contributed by atoms with Gasteiger partial charge in [0.15, 0.2) is 0 Å². The van der Waals surface area contributed by atoms with Gasteiger partial charge in [-0.25, -0.2) is 0 Å². The van der Waals surface area contributed by atoms with Gasteiger partial charge in [-0.1, -0.05) is 35.9 Å². The lowest BCUT2D eigenvalue weighted by atomic mass is 10.0. The van der Waals surface area contributed by atoms with E-state index >= 15 is 0 Å². The van der Waals surface area contributed by atoms with Crippen molar-refractivity contribution in [2.45, 2.75) is 19.9 Å². The zero-order chi connectivity index (χ0) is 10.1. The summed E-state index contributed by atoms with van der Waals surface area (Å²) in [5.41, 5.74) is 8.33. The Hall–Kier alpha value is -1.34. The van der Waals surface area contributed by atoms with Crippen LogP contribution in [0.2, 0.25) is 0 Å². The van der Waals surface area contributed by atoms with Crippen molar-refractivity contribution in [2.24, 2.45) is 5.73 Å². The molecule has 0 unspecified atom stereocenters. The fourth-order valence-corrected chi connectivity index (χ4v) is 1.67. The van der Waals surface area contributed by atoms with Gasteiger partial charge in [-0.3, -0.25) is 0 Å². The topological polar surface area (TPSA) is 26.0 Å². The molecule has 0 spiro atoms. The van der Waals surface area contributed by atoms with Crippen LogP contribution < -0.4 is 5.73 Å². The fourth-order valence-electron chi connectivity index (χ4n) is 1.67. The highest BCUT2D eigenvalue weighted by molar-refractivity contribution is 5.83. The number of hydrogen-bond acceptors (Lipinski definition) is 1. The Morgan fingerprint density at radius 1 is 1.00 bits per heavy atom. The van der Waals surface area contributed by atoms with Gasteiger partial charge in [0.25, 0.3) is 0 Å². The number of nitrogens with two attached hydrogens (primary N) is 1. The van der Waals surface area contributed by atoms with E-state index < -0.39 is 0 Å². The molecule has 0 heterocycles. The molecule has 1 heteroatoms. The Morgan fingerprint density at radius 2 is 1.71 bits per heavy atom. The first-order valence-corrected chi connectivity index (χ1v) is 4.93. The summed E-state index contributed by atoms with van der Waals surface area (Å²) in [6.07, 6.45) is 0. The Morgan fingerprint density at radius 3 is 2.43 bits per heavy atom. The molecule has 0 aliphatic rings. The van der Waals surface area contributed by atoms with Gasteiger partial charge in [-0.15, -0.1) is 0 Å². The number of benzene rings is 2. The summed E-state index contributed by atoms with van der Waals surface area (Å²) in [4.78, 5) is 0. The molecule has 0 aliphatic heterocycles. The third-order valence-corrected chi connectivity index (χ3v) is 2.55. The van der Waals surface area contributed by atoms with E-state index in [1.807, 2.05) is 6.92 Å². The van der Waals surface area contributed by atoms with Crippen molar-refractivity contribution < 1.29 is 0 Å². The second-order valence-corrected chi connectivity index (χ2v) is 3.90. The molecule has 0 aromatic heterocycles. The summed E-state index contributed by atoms with van der Waals surface area (Å²) >= 11 is 0.